The van der Waals surface area contributed by atoms with Crippen molar-refractivity contribution in [1.29, 1.82) is 0 Å². The van der Waals surface area contributed by atoms with Crippen LogP contribution in [0.25, 0.3) is 0 Å². The van der Waals surface area contributed by atoms with E-state index >= 15 is 0 Å². The first-order chi connectivity index (χ1) is 8.50. The molecule has 0 aliphatic carbocycles. The third-order valence-corrected chi connectivity index (χ3v) is 2.47. The van der Waals surface area contributed by atoms with Crippen molar-refractivity contribution in [3.63, 3.8) is 0 Å². The normalized spacial score (nSPS) is 10.1. The van der Waals surface area contributed by atoms with Gasteiger partial charge < -0.3 is 16.2 Å². The Labute approximate surface area is 105 Å². The van der Waals surface area contributed by atoms with Gasteiger partial charge in [-0.3, -0.25) is 4.79 Å². The molecule has 1 rings (SSSR count). The van der Waals surface area contributed by atoms with E-state index in [1.807, 2.05) is 0 Å². The van der Waals surface area contributed by atoms with Gasteiger partial charge in [0, 0.05) is 13.0 Å². The smallest absolute Gasteiger partial charge is 0.337 e. The zero-order valence-electron chi connectivity index (χ0n) is 10.3. The van der Waals surface area contributed by atoms with Crippen LogP contribution in [0.1, 0.15) is 35.3 Å². The van der Waals surface area contributed by atoms with Gasteiger partial charge in [-0.15, -0.1) is 0 Å². The van der Waals surface area contributed by atoms with Crippen LogP contribution in [-0.4, -0.2) is 28.5 Å². The number of unbranched alkanes of at least 4 members (excludes halogenated alkanes) is 1. The van der Waals surface area contributed by atoms with Crippen LogP contribution < -0.4 is 11.1 Å². The Hall–Kier alpha value is -2.11. The van der Waals surface area contributed by atoms with Crippen LogP contribution in [-0.2, 0) is 4.79 Å². The summed E-state index contributed by atoms with van der Waals surface area (Å²) in [5.74, 6) is -0.639. The van der Waals surface area contributed by atoms with E-state index in [-0.39, 0.29) is 11.5 Å². The lowest BCUT2D eigenvalue weighted by atomic mass is 10.2. The first-order valence-corrected chi connectivity index (χ1v) is 5.74. The van der Waals surface area contributed by atoms with Crippen LogP contribution >= 0.6 is 0 Å². The molecule has 0 spiro atoms. The van der Waals surface area contributed by atoms with Crippen LogP contribution in [0.3, 0.4) is 0 Å². The number of carboxylic acids is 1. The number of nitrogens with zero attached hydrogens (tertiary/aromatic N) is 1. The minimum atomic E-state index is -0.979. The molecule has 1 aromatic rings. The van der Waals surface area contributed by atoms with Gasteiger partial charge in [0.25, 0.3) is 0 Å². The Morgan fingerprint density at radius 2 is 2.11 bits per heavy atom. The Morgan fingerprint density at radius 1 is 1.39 bits per heavy atom. The van der Waals surface area contributed by atoms with Crippen LogP contribution in [0.5, 0.6) is 0 Å². The molecule has 0 saturated heterocycles. The van der Waals surface area contributed by atoms with Crippen molar-refractivity contribution in [3.8, 4) is 0 Å². The van der Waals surface area contributed by atoms with Crippen LogP contribution in [0.15, 0.2) is 12.1 Å². The van der Waals surface area contributed by atoms with E-state index in [4.69, 9.17) is 10.8 Å². The minimum Gasteiger partial charge on any atom is -0.478 e. The molecular weight excluding hydrogens is 234 g/mol. The molecule has 0 aromatic carbocycles. The van der Waals surface area contributed by atoms with Gasteiger partial charge in [0.1, 0.15) is 5.82 Å². The molecule has 0 saturated carbocycles. The van der Waals surface area contributed by atoms with Gasteiger partial charge in [-0.25, -0.2) is 9.78 Å². The van der Waals surface area contributed by atoms with Gasteiger partial charge >= 0.3 is 5.97 Å². The summed E-state index contributed by atoms with van der Waals surface area (Å²) in [4.78, 5) is 25.4. The standard InChI is InChI=1S/C12H17N3O3/c1-8-9(12(17)18)5-6-11(15-8)14-7-3-2-4-10(13)16/h5-6H,2-4,7H2,1H3,(H2,13,16)(H,14,15)(H,17,18). The molecule has 1 amide bonds. The number of pyridine rings is 1. The number of rotatable bonds is 7. The lowest BCUT2D eigenvalue weighted by Crippen LogP contribution is -2.11. The number of carboxylic acid groups (broad SMARTS) is 1. The average molecular weight is 251 g/mol. The molecular formula is C12H17N3O3. The van der Waals surface area contributed by atoms with Gasteiger partial charge in [-0.05, 0) is 31.9 Å². The first-order valence-electron chi connectivity index (χ1n) is 5.74. The second kappa shape index (κ2) is 6.58. The number of nitrogens with one attached hydrogen (secondary N) is 1. The molecule has 0 atom stereocenters. The number of aryl methyl sites for hydroxylation is 1. The number of hydrogen-bond donors (Lipinski definition) is 3. The fraction of sp³-hybridized carbons (Fsp3) is 0.417. The Morgan fingerprint density at radius 3 is 2.67 bits per heavy atom. The molecule has 0 unspecified atom stereocenters. The number of aromatic carboxylic acids is 1. The van der Waals surface area contributed by atoms with Crippen molar-refractivity contribution in [2.45, 2.75) is 26.2 Å². The lowest BCUT2D eigenvalue weighted by Gasteiger charge is -2.07. The maximum atomic E-state index is 10.8. The summed E-state index contributed by atoms with van der Waals surface area (Å²) in [5.41, 5.74) is 5.70. The molecule has 0 radical (unpaired) electrons. The molecule has 1 heterocycles. The van der Waals surface area contributed by atoms with E-state index in [0.717, 1.165) is 12.8 Å². The summed E-state index contributed by atoms with van der Waals surface area (Å²) >= 11 is 0. The fourth-order valence-electron chi connectivity index (χ4n) is 1.53. The zero-order chi connectivity index (χ0) is 13.5. The fourth-order valence-corrected chi connectivity index (χ4v) is 1.53. The molecule has 6 heteroatoms. The van der Waals surface area contributed by atoms with E-state index in [0.29, 0.717) is 24.5 Å². The van der Waals surface area contributed by atoms with E-state index in [2.05, 4.69) is 10.3 Å². The quantitative estimate of drug-likeness (QED) is 0.630. The number of carbonyl (C=O) groups is 2. The zero-order valence-corrected chi connectivity index (χ0v) is 10.3. The maximum Gasteiger partial charge on any atom is 0.337 e. The molecule has 0 fully saturated rings. The highest BCUT2D eigenvalue weighted by molar-refractivity contribution is 5.89. The molecule has 4 N–H and O–H groups in total. The van der Waals surface area contributed by atoms with Crippen LogP contribution in [0.2, 0.25) is 0 Å². The summed E-state index contributed by atoms with van der Waals surface area (Å²) in [6.45, 7) is 2.33. The van der Waals surface area contributed by atoms with Gasteiger partial charge in [-0.2, -0.15) is 0 Å². The number of nitrogens with two attached hydrogens (primary N) is 1. The number of aromatic nitrogens is 1. The summed E-state index contributed by atoms with van der Waals surface area (Å²) in [6.07, 6.45) is 1.92. The largest absolute Gasteiger partial charge is 0.478 e. The molecule has 0 bridgehead atoms. The number of carbonyl (C=O) groups excluding carboxylic acids is 1. The highest BCUT2D eigenvalue weighted by atomic mass is 16.4. The summed E-state index contributed by atoms with van der Waals surface area (Å²) < 4.78 is 0. The third-order valence-electron chi connectivity index (χ3n) is 2.47. The van der Waals surface area contributed by atoms with Crippen molar-refractivity contribution < 1.29 is 14.7 Å². The number of amides is 1. The van der Waals surface area contributed by atoms with Crippen molar-refractivity contribution in [3.05, 3.63) is 23.4 Å². The molecule has 0 aliphatic rings. The van der Waals surface area contributed by atoms with Gasteiger partial charge in [0.05, 0.1) is 11.3 Å². The van der Waals surface area contributed by atoms with E-state index in [1.165, 1.54) is 6.07 Å². The second-order valence-electron chi connectivity index (χ2n) is 3.98. The van der Waals surface area contributed by atoms with Crippen molar-refractivity contribution >= 4 is 17.7 Å². The molecule has 0 aliphatic heterocycles. The number of anilines is 1. The van der Waals surface area contributed by atoms with E-state index < -0.39 is 5.97 Å². The highest BCUT2D eigenvalue weighted by Gasteiger charge is 2.08. The summed E-state index contributed by atoms with van der Waals surface area (Å²) in [5, 5.41) is 11.9. The maximum absolute atomic E-state index is 10.8. The minimum absolute atomic E-state index is 0.203. The van der Waals surface area contributed by atoms with Crippen molar-refractivity contribution in [1.82, 2.24) is 4.98 Å². The average Bonchev–Trinajstić information content (AvgIpc) is 2.27. The number of hydrogen-bond acceptors (Lipinski definition) is 4. The van der Waals surface area contributed by atoms with Gasteiger partial charge in [0.15, 0.2) is 0 Å². The highest BCUT2D eigenvalue weighted by Crippen LogP contribution is 2.10. The molecule has 6 nitrogen and oxygen atoms in total. The topological polar surface area (TPSA) is 105 Å². The van der Waals surface area contributed by atoms with Crippen LogP contribution in [0, 0.1) is 6.92 Å². The van der Waals surface area contributed by atoms with Gasteiger partial charge in [0.2, 0.25) is 5.91 Å². The van der Waals surface area contributed by atoms with Gasteiger partial charge in [-0.1, -0.05) is 0 Å². The third kappa shape index (κ3) is 4.40. The van der Waals surface area contributed by atoms with E-state index in [1.54, 1.807) is 13.0 Å². The lowest BCUT2D eigenvalue weighted by molar-refractivity contribution is -0.118. The molecule has 18 heavy (non-hydrogen) atoms. The van der Waals surface area contributed by atoms with Crippen molar-refractivity contribution in [2.24, 2.45) is 5.73 Å². The first kappa shape index (κ1) is 14.0. The molecule has 1 aromatic heterocycles. The van der Waals surface area contributed by atoms with Crippen molar-refractivity contribution in [2.75, 3.05) is 11.9 Å². The summed E-state index contributed by atoms with van der Waals surface area (Å²) in [7, 11) is 0. The Balaban J connectivity index is 2.42. The Bertz CT molecular complexity index is 446. The number of primary amides is 1. The second-order valence-corrected chi connectivity index (χ2v) is 3.98. The molecule has 98 valence electrons. The predicted molar refractivity (Wildman–Crippen MR) is 67.5 cm³/mol. The monoisotopic (exact) mass is 251 g/mol. The Kier molecular flexibility index (Phi) is 5.10. The SMILES string of the molecule is Cc1nc(NCCCCC(N)=O)ccc1C(=O)O. The summed E-state index contributed by atoms with van der Waals surface area (Å²) in [6, 6.07) is 3.15. The van der Waals surface area contributed by atoms with E-state index in [9.17, 15) is 9.59 Å². The predicted octanol–water partition coefficient (Wildman–Crippen LogP) is 1.16. The van der Waals surface area contributed by atoms with Crippen LogP contribution in [0.4, 0.5) is 5.82 Å².